The van der Waals surface area contributed by atoms with E-state index in [4.69, 9.17) is 5.11 Å². The summed E-state index contributed by atoms with van der Waals surface area (Å²) in [6.07, 6.45) is 0. The van der Waals surface area contributed by atoms with Crippen LogP contribution < -0.4 is 4.90 Å². The average molecular weight is 242 g/mol. The second-order valence-corrected chi connectivity index (χ2v) is 4.19. The van der Waals surface area contributed by atoms with E-state index in [9.17, 15) is 9.59 Å². The van der Waals surface area contributed by atoms with Gasteiger partial charge in [0.15, 0.2) is 16.6 Å². The number of carbonyl (C=O) groups is 2. The predicted molar refractivity (Wildman–Crippen MR) is 62.6 cm³/mol. The van der Waals surface area contributed by atoms with Crippen LogP contribution in [0.2, 0.25) is 0 Å². The normalized spacial score (nSPS) is 10.2. The number of Topliss-reactive ketones (excluding diaryl/α,β-unsaturated/α-hetero) is 1. The van der Waals surface area contributed by atoms with Crippen molar-refractivity contribution >= 4 is 28.2 Å². The van der Waals surface area contributed by atoms with Crippen molar-refractivity contribution in [2.24, 2.45) is 0 Å². The van der Waals surface area contributed by atoms with Crippen molar-refractivity contribution in [2.75, 3.05) is 18.0 Å². The summed E-state index contributed by atoms with van der Waals surface area (Å²) in [5.74, 6) is -1.41. The summed E-state index contributed by atoms with van der Waals surface area (Å²) in [7, 11) is 0. The molecule has 0 spiro atoms. The summed E-state index contributed by atoms with van der Waals surface area (Å²) in [5.41, 5.74) is -0.139. The van der Waals surface area contributed by atoms with Crippen LogP contribution in [0.3, 0.4) is 0 Å². The first-order valence-corrected chi connectivity index (χ1v) is 5.82. The van der Waals surface area contributed by atoms with E-state index in [1.165, 1.54) is 6.92 Å². The maximum absolute atomic E-state index is 11.3. The summed E-state index contributed by atoms with van der Waals surface area (Å²) < 4.78 is 0. The Balaban J connectivity index is 3.20. The van der Waals surface area contributed by atoms with Crippen molar-refractivity contribution < 1.29 is 14.7 Å². The average Bonchev–Trinajstić information content (AvgIpc) is 2.64. The first kappa shape index (κ1) is 12.6. The van der Waals surface area contributed by atoms with Crippen molar-refractivity contribution in [3.05, 3.63) is 10.6 Å². The maximum Gasteiger partial charge on any atom is 0.356 e. The number of ketones is 1. The number of aromatic carboxylic acids is 1. The highest BCUT2D eigenvalue weighted by Crippen LogP contribution is 2.26. The number of rotatable bonds is 5. The van der Waals surface area contributed by atoms with E-state index in [-0.39, 0.29) is 16.4 Å². The van der Waals surface area contributed by atoms with Crippen LogP contribution in [0.4, 0.5) is 5.13 Å². The summed E-state index contributed by atoms with van der Waals surface area (Å²) in [4.78, 5) is 28.3. The summed E-state index contributed by atoms with van der Waals surface area (Å²) in [6.45, 7) is 6.74. The molecule has 88 valence electrons. The van der Waals surface area contributed by atoms with Crippen LogP contribution in [-0.2, 0) is 0 Å². The van der Waals surface area contributed by atoms with Gasteiger partial charge in [-0.3, -0.25) is 4.79 Å². The van der Waals surface area contributed by atoms with Crippen LogP contribution in [0, 0.1) is 0 Å². The number of carbonyl (C=O) groups excluding carboxylic acids is 1. The molecule has 1 aromatic heterocycles. The summed E-state index contributed by atoms with van der Waals surface area (Å²) in [5, 5.41) is 9.52. The molecule has 0 bridgehead atoms. The third-order valence-corrected chi connectivity index (χ3v) is 3.39. The van der Waals surface area contributed by atoms with Crippen LogP contribution in [-0.4, -0.2) is 34.9 Å². The van der Waals surface area contributed by atoms with Crippen molar-refractivity contribution in [3.63, 3.8) is 0 Å². The number of hydrogen-bond donors (Lipinski definition) is 1. The molecule has 0 saturated heterocycles. The van der Waals surface area contributed by atoms with E-state index in [0.29, 0.717) is 5.13 Å². The second-order valence-electron chi connectivity index (χ2n) is 3.21. The van der Waals surface area contributed by atoms with Gasteiger partial charge in [0.2, 0.25) is 0 Å². The molecule has 0 amide bonds. The minimum absolute atomic E-state index is 0.139. The lowest BCUT2D eigenvalue weighted by Gasteiger charge is -2.16. The zero-order valence-corrected chi connectivity index (χ0v) is 10.3. The Hall–Kier alpha value is -1.43. The Bertz CT molecular complexity index is 379. The van der Waals surface area contributed by atoms with Crippen molar-refractivity contribution in [1.29, 1.82) is 0 Å². The predicted octanol–water partition coefficient (Wildman–Crippen LogP) is 1.89. The van der Waals surface area contributed by atoms with Crippen molar-refractivity contribution in [3.8, 4) is 0 Å². The van der Waals surface area contributed by atoms with Gasteiger partial charge in [-0.15, -0.1) is 0 Å². The Labute approximate surface area is 97.7 Å². The van der Waals surface area contributed by atoms with Gasteiger partial charge in [-0.05, 0) is 13.8 Å². The number of aromatic nitrogens is 1. The van der Waals surface area contributed by atoms with Crippen LogP contribution >= 0.6 is 11.3 Å². The molecule has 5 nitrogen and oxygen atoms in total. The Morgan fingerprint density at radius 1 is 1.38 bits per heavy atom. The Kier molecular flexibility index (Phi) is 4.00. The van der Waals surface area contributed by atoms with Crippen LogP contribution in [0.5, 0.6) is 0 Å². The lowest BCUT2D eigenvalue weighted by atomic mass is 10.3. The third kappa shape index (κ3) is 2.38. The molecule has 0 aromatic carbocycles. The van der Waals surface area contributed by atoms with Gasteiger partial charge in [-0.2, -0.15) is 0 Å². The highest BCUT2D eigenvalue weighted by Gasteiger charge is 2.22. The summed E-state index contributed by atoms with van der Waals surface area (Å²) in [6, 6.07) is 0. The molecule has 1 heterocycles. The van der Waals surface area contributed by atoms with E-state index in [1.807, 2.05) is 18.7 Å². The smallest absolute Gasteiger partial charge is 0.356 e. The number of nitrogens with zero attached hydrogens (tertiary/aromatic N) is 2. The van der Waals surface area contributed by atoms with Gasteiger partial charge in [0.05, 0.1) is 0 Å². The zero-order chi connectivity index (χ0) is 12.3. The highest BCUT2D eigenvalue weighted by molar-refractivity contribution is 7.17. The van der Waals surface area contributed by atoms with Crippen LogP contribution in [0.15, 0.2) is 0 Å². The number of carboxylic acid groups (broad SMARTS) is 1. The van der Waals surface area contributed by atoms with Gasteiger partial charge >= 0.3 is 5.97 Å². The topological polar surface area (TPSA) is 70.5 Å². The van der Waals surface area contributed by atoms with Gasteiger partial charge in [0, 0.05) is 20.0 Å². The Morgan fingerprint density at radius 3 is 2.25 bits per heavy atom. The molecule has 0 atom stereocenters. The quantitative estimate of drug-likeness (QED) is 0.798. The van der Waals surface area contributed by atoms with E-state index in [0.717, 1.165) is 24.4 Å². The molecular weight excluding hydrogens is 228 g/mol. The van der Waals surface area contributed by atoms with Crippen LogP contribution in [0.25, 0.3) is 0 Å². The molecule has 0 aliphatic heterocycles. The molecule has 0 radical (unpaired) electrons. The lowest BCUT2D eigenvalue weighted by Crippen LogP contribution is -2.21. The maximum atomic E-state index is 11.3. The van der Waals surface area contributed by atoms with E-state index >= 15 is 0 Å². The molecular formula is C10H14N2O3S. The fourth-order valence-corrected chi connectivity index (χ4v) is 2.40. The van der Waals surface area contributed by atoms with Gasteiger partial charge in [0.1, 0.15) is 4.88 Å². The first-order chi connectivity index (χ1) is 7.51. The molecule has 0 unspecified atom stereocenters. The monoisotopic (exact) mass is 242 g/mol. The largest absolute Gasteiger partial charge is 0.476 e. The van der Waals surface area contributed by atoms with E-state index < -0.39 is 5.97 Å². The zero-order valence-electron chi connectivity index (χ0n) is 9.48. The molecule has 16 heavy (non-hydrogen) atoms. The van der Waals surface area contributed by atoms with E-state index in [1.54, 1.807) is 0 Å². The van der Waals surface area contributed by atoms with Gasteiger partial charge in [-0.25, -0.2) is 9.78 Å². The molecule has 0 aliphatic rings. The summed E-state index contributed by atoms with van der Waals surface area (Å²) >= 11 is 1.14. The minimum atomic E-state index is -1.15. The van der Waals surface area contributed by atoms with E-state index in [2.05, 4.69) is 4.98 Å². The highest BCUT2D eigenvalue weighted by atomic mass is 32.1. The lowest BCUT2D eigenvalue weighted by molar-refractivity contribution is 0.0687. The molecule has 0 aliphatic carbocycles. The molecule has 1 rings (SSSR count). The third-order valence-electron chi connectivity index (χ3n) is 2.17. The molecule has 0 fully saturated rings. The fraction of sp³-hybridized carbons (Fsp3) is 0.500. The molecule has 6 heteroatoms. The fourth-order valence-electron chi connectivity index (χ4n) is 1.32. The van der Waals surface area contributed by atoms with Crippen molar-refractivity contribution in [1.82, 2.24) is 4.98 Å². The number of anilines is 1. The number of thiazole rings is 1. The minimum Gasteiger partial charge on any atom is -0.476 e. The first-order valence-electron chi connectivity index (χ1n) is 5.01. The van der Waals surface area contributed by atoms with Gasteiger partial charge in [0.25, 0.3) is 0 Å². The second kappa shape index (κ2) is 5.07. The molecule has 1 N–H and O–H groups in total. The SMILES string of the molecule is CCN(CC)c1nc(C(=O)O)c(C(C)=O)s1. The van der Waals surface area contributed by atoms with Crippen molar-refractivity contribution in [2.45, 2.75) is 20.8 Å². The van der Waals surface area contributed by atoms with Crippen LogP contribution in [0.1, 0.15) is 40.9 Å². The Morgan fingerprint density at radius 2 is 1.94 bits per heavy atom. The van der Waals surface area contributed by atoms with Gasteiger partial charge < -0.3 is 10.0 Å². The molecule has 0 saturated carbocycles. The standard InChI is InChI=1S/C10H14N2O3S/c1-4-12(5-2)10-11-7(9(14)15)8(16-10)6(3)13/h4-5H2,1-3H3,(H,14,15). The number of hydrogen-bond acceptors (Lipinski definition) is 5. The number of carboxylic acids is 1. The van der Waals surface area contributed by atoms with Gasteiger partial charge in [-0.1, -0.05) is 11.3 Å². The molecule has 1 aromatic rings.